The Morgan fingerprint density at radius 2 is 2.15 bits per heavy atom. The minimum atomic E-state index is 0.489. The first-order valence-electron chi connectivity index (χ1n) is 9.16. The van der Waals surface area contributed by atoms with Gasteiger partial charge in [-0.15, -0.1) is 11.3 Å². The average molecular weight is 368 g/mol. The third-order valence-corrected chi connectivity index (χ3v) is 6.07. The van der Waals surface area contributed by atoms with Crippen LogP contribution in [-0.2, 0) is 19.4 Å². The summed E-state index contributed by atoms with van der Waals surface area (Å²) in [7, 11) is 0. The molecule has 0 saturated heterocycles. The molecule has 0 bridgehead atoms. The zero-order valence-corrected chi connectivity index (χ0v) is 16.2. The largest absolute Gasteiger partial charge is 0.489 e. The number of hydrogen-bond donors (Lipinski definition) is 1. The quantitative estimate of drug-likeness (QED) is 0.671. The summed E-state index contributed by atoms with van der Waals surface area (Å²) >= 11 is 1.82. The van der Waals surface area contributed by atoms with Gasteiger partial charge in [0, 0.05) is 22.7 Å². The molecule has 136 valence electrons. The molecule has 4 rings (SSSR count). The fourth-order valence-electron chi connectivity index (χ4n) is 3.62. The lowest BCUT2D eigenvalue weighted by atomic mass is 9.93. The summed E-state index contributed by atoms with van der Waals surface area (Å²) in [4.78, 5) is 7.49. The van der Waals surface area contributed by atoms with Crippen LogP contribution in [0.5, 0.6) is 5.75 Å². The Bertz CT molecular complexity index is 952. The highest BCUT2D eigenvalue weighted by Crippen LogP contribution is 2.36. The van der Waals surface area contributed by atoms with Gasteiger partial charge < -0.3 is 10.5 Å². The molecule has 1 aromatic carbocycles. The summed E-state index contributed by atoms with van der Waals surface area (Å²) in [5.74, 6) is 1.61. The first-order chi connectivity index (χ1) is 12.6. The van der Waals surface area contributed by atoms with Gasteiger partial charge in [-0.2, -0.15) is 0 Å². The molecule has 5 heteroatoms. The Hall–Kier alpha value is -2.11. The molecule has 0 amide bonds. The number of thiazole rings is 1. The minimum Gasteiger partial charge on any atom is -0.489 e. The van der Waals surface area contributed by atoms with Crippen molar-refractivity contribution in [1.82, 2.24) is 9.38 Å². The molecule has 1 aliphatic carbocycles. The molecular formula is C21H25N3OS. The second kappa shape index (κ2) is 6.89. The number of ether oxygens (including phenoxy) is 1. The third kappa shape index (κ3) is 3.06. The van der Waals surface area contributed by atoms with E-state index < -0.39 is 0 Å². The maximum atomic E-state index is 6.14. The standard InChI is InChI=1S/C21H25N3OS/c1-13(2)12-25-16-7-5-15(6-8-16)20-18(11-22)24-17-9-4-14(3)10-19(17)26-21(24)23-20/h5-8,14H,1,4,9-12,22H2,2-3H3. The Morgan fingerprint density at radius 1 is 1.38 bits per heavy atom. The van der Waals surface area contributed by atoms with Crippen LogP contribution in [0.3, 0.4) is 0 Å². The Balaban J connectivity index is 1.70. The van der Waals surface area contributed by atoms with Gasteiger partial charge in [-0.3, -0.25) is 4.40 Å². The maximum absolute atomic E-state index is 6.14. The molecule has 0 aliphatic heterocycles. The van der Waals surface area contributed by atoms with E-state index in [-0.39, 0.29) is 0 Å². The summed E-state index contributed by atoms with van der Waals surface area (Å²) in [6.45, 7) is 9.19. The van der Waals surface area contributed by atoms with Crippen LogP contribution in [0.15, 0.2) is 36.4 Å². The fourth-order valence-corrected chi connectivity index (χ4v) is 4.97. The normalized spacial score (nSPS) is 16.7. The third-order valence-electron chi connectivity index (χ3n) is 4.96. The first-order valence-corrected chi connectivity index (χ1v) is 9.98. The van der Waals surface area contributed by atoms with Crippen molar-refractivity contribution in [2.24, 2.45) is 11.7 Å². The van der Waals surface area contributed by atoms with Crippen LogP contribution < -0.4 is 10.5 Å². The molecule has 2 N–H and O–H groups in total. The average Bonchev–Trinajstić information content (AvgIpc) is 3.15. The number of aryl methyl sites for hydroxylation is 1. The molecule has 3 aromatic rings. The lowest BCUT2D eigenvalue weighted by Gasteiger charge is -2.18. The van der Waals surface area contributed by atoms with E-state index in [0.717, 1.165) is 52.0 Å². The fraction of sp³-hybridized carbons (Fsp3) is 0.381. The molecular weight excluding hydrogens is 342 g/mol. The topological polar surface area (TPSA) is 52.5 Å². The Labute approximate surface area is 158 Å². The second-order valence-electron chi connectivity index (χ2n) is 7.32. The lowest BCUT2D eigenvalue weighted by molar-refractivity contribution is 0.353. The molecule has 0 radical (unpaired) electrons. The van der Waals surface area contributed by atoms with E-state index in [4.69, 9.17) is 15.5 Å². The maximum Gasteiger partial charge on any atom is 0.194 e. The highest BCUT2D eigenvalue weighted by Gasteiger charge is 2.24. The lowest BCUT2D eigenvalue weighted by Crippen LogP contribution is -2.13. The SMILES string of the molecule is C=C(C)COc1ccc(-c2nc3sc4c(n3c2CN)CCC(C)C4)cc1. The van der Waals surface area contributed by atoms with E-state index in [9.17, 15) is 0 Å². The van der Waals surface area contributed by atoms with Gasteiger partial charge in [0.1, 0.15) is 12.4 Å². The summed E-state index contributed by atoms with van der Waals surface area (Å²) in [5, 5.41) is 0. The van der Waals surface area contributed by atoms with Gasteiger partial charge in [-0.25, -0.2) is 4.98 Å². The van der Waals surface area contributed by atoms with Gasteiger partial charge in [-0.05, 0) is 61.9 Å². The first kappa shape index (κ1) is 17.3. The van der Waals surface area contributed by atoms with Crippen molar-refractivity contribution in [2.45, 2.75) is 39.7 Å². The predicted octanol–water partition coefficient (Wildman–Crippen LogP) is 4.60. The number of fused-ring (bicyclic) bond motifs is 3. The molecule has 1 unspecified atom stereocenters. The van der Waals surface area contributed by atoms with Crippen LogP contribution in [0.4, 0.5) is 0 Å². The summed E-state index contributed by atoms with van der Waals surface area (Å²) < 4.78 is 8.01. The van der Waals surface area contributed by atoms with Crippen molar-refractivity contribution in [3.05, 3.63) is 52.7 Å². The number of nitrogens with zero attached hydrogens (tertiary/aromatic N) is 2. The van der Waals surface area contributed by atoms with Crippen molar-refractivity contribution in [3.63, 3.8) is 0 Å². The van der Waals surface area contributed by atoms with Crippen LogP contribution in [-0.4, -0.2) is 16.0 Å². The van der Waals surface area contributed by atoms with Crippen LogP contribution in [0, 0.1) is 5.92 Å². The van der Waals surface area contributed by atoms with E-state index in [1.807, 2.05) is 30.4 Å². The number of aromatic nitrogens is 2. The van der Waals surface area contributed by atoms with Gasteiger partial charge in [0.25, 0.3) is 0 Å². The van der Waals surface area contributed by atoms with E-state index in [2.05, 4.69) is 30.0 Å². The molecule has 2 aromatic heterocycles. The molecule has 1 atom stereocenters. The number of hydrogen-bond acceptors (Lipinski definition) is 4. The van der Waals surface area contributed by atoms with Crippen molar-refractivity contribution in [1.29, 1.82) is 0 Å². The van der Waals surface area contributed by atoms with Crippen molar-refractivity contribution in [2.75, 3.05) is 6.61 Å². The van der Waals surface area contributed by atoms with E-state index in [1.165, 1.54) is 17.0 Å². The van der Waals surface area contributed by atoms with Gasteiger partial charge >= 0.3 is 0 Å². The molecule has 0 spiro atoms. The summed E-state index contributed by atoms with van der Waals surface area (Å²) in [6, 6.07) is 8.11. The molecule has 0 saturated carbocycles. The molecule has 2 heterocycles. The highest BCUT2D eigenvalue weighted by molar-refractivity contribution is 7.17. The summed E-state index contributed by atoms with van der Waals surface area (Å²) in [6.07, 6.45) is 3.52. The highest BCUT2D eigenvalue weighted by atomic mass is 32.1. The number of rotatable bonds is 5. The minimum absolute atomic E-state index is 0.489. The molecule has 0 fully saturated rings. The second-order valence-corrected chi connectivity index (χ2v) is 8.38. The zero-order valence-electron chi connectivity index (χ0n) is 15.4. The van der Waals surface area contributed by atoms with Crippen molar-refractivity contribution < 1.29 is 4.74 Å². The van der Waals surface area contributed by atoms with Crippen LogP contribution in [0.1, 0.15) is 36.5 Å². The van der Waals surface area contributed by atoms with Gasteiger partial charge in [0.05, 0.1) is 11.4 Å². The molecule has 26 heavy (non-hydrogen) atoms. The van der Waals surface area contributed by atoms with Crippen LogP contribution >= 0.6 is 11.3 Å². The van der Waals surface area contributed by atoms with E-state index in [1.54, 1.807) is 0 Å². The van der Waals surface area contributed by atoms with Crippen molar-refractivity contribution >= 4 is 16.3 Å². The Kier molecular flexibility index (Phi) is 4.59. The monoisotopic (exact) mass is 367 g/mol. The number of nitrogens with two attached hydrogens (primary N) is 1. The van der Waals surface area contributed by atoms with Gasteiger partial charge in [-0.1, -0.05) is 13.5 Å². The summed E-state index contributed by atoms with van der Waals surface area (Å²) in [5.41, 5.74) is 11.8. The molecule has 4 nitrogen and oxygen atoms in total. The van der Waals surface area contributed by atoms with Crippen molar-refractivity contribution in [3.8, 4) is 17.0 Å². The van der Waals surface area contributed by atoms with Crippen LogP contribution in [0.2, 0.25) is 0 Å². The number of imidazole rings is 1. The van der Waals surface area contributed by atoms with E-state index in [0.29, 0.717) is 13.2 Å². The van der Waals surface area contributed by atoms with Crippen LogP contribution in [0.25, 0.3) is 16.2 Å². The van der Waals surface area contributed by atoms with Gasteiger partial charge in [0.2, 0.25) is 0 Å². The van der Waals surface area contributed by atoms with Gasteiger partial charge in [0.15, 0.2) is 4.96 Å². The zero-order chi connectivity index (χ0) is 18.3. The Morgan fingerprint density at radius 3 is 2.85 bits per heavy atom. The van der Waals surface area contributed by atoms with E-state index >= 15 is 0 Å². The number of benzene rings is 1. The smallest absolute Gasteiger partial charge is 0.194 e. The molecule has 1 aliphatic rings. The predicted molar refractivity (Wildman–Crippen MR) is 108 cm³/mol.